The van der Waals surface area contributed by atoms with Gasteiger partial charge in [0.15, 0.2) is 17.3 Å². The Morgan fingerprint density at radius 2 is 1.32 bits per heavy atom. The van der Waals surface area contributed by atoms with Crippen LogP contribution in [-0.2, 0) is 24.4 Å². The van der Waals surface area contributed by atoms with Crippen molar-refractivity contribution in [1.29, 1.82) is 0 Å². The smallest absolute Gasteiger partial charge is 0.438 e. The first-order valence-electron chi connectivity index (χ1n) is 9.99. The van der Waals surface area contributed by atoms with Crippen molar-refractivity contribution in [3.63, 3.8) is 0 Å². The quantitative estimate of drug-likeness (QED) is 0.175. The molecule has 1 saturated heterocycles. The van der Waals surface area contributed by atoms with E-state index in [2.05, 4.69) is 65.4 Å². The number of hydrogen-bond acceptors (Lipinski definition) is 6. The molecule has 206 valence electrons. The van der Waals surface area contributed by atoms with Crippen LogP contribution in [0.4, 0.5) is 35.1 Å². The van der Waals surface area contributed by atoms with Gasteiger partial charge in [0.05, 0.1) is 6.42 Å². The highest BCUT2D eigenvalue weighted by molar-refractivity contribution is 7.86. The van der Waals surface area contributed by atoms with Crippen molar-refractivity contribution in [2.75, 3.05) is 0 Å². The summed E-state index contributed by atoms with van der Waals surface area (Å²) in [6.45, 7) is 0. The Morgan fingerprint density at radius 3 is 1.70 bits per heavy atom. The average Bonchev–Trinajstić information content (AvgIpc) is 3.18. The van der Waals surface area contributed by atoms with Crippen molar-refractivity contribution in [2.45, 2.75) is 48.8 Å². The van der Waals surface area contributed by atoms with Crippen LogP contribution in [0, 0.1) is 7.14 Å². The third-order valence-corrected chi connectivity index (χ3v) is 8.02. The van der Waals surface area contributed by atoms with Crippen LogP contribution in [0.3, 0.4) is 0 Å². The summed E-state index contributed by atoms with van der Waals surface area (Å²) >= 11 is 0.0287. The molecule has 1 atom stereocenters. The topological polar surface area (TPSA) is 92.7 Å². The summed E-state index contributed by atoms with van der Waals surface area (Å²) in [4.78, 5) is 10.7. The van der Waals surface area contributed by atoms with Crippen LogP contribution in [0.25, 0.3) is 0 Å². The molecule has 0 radical (unpaired) electrons. The average molecular weight is 676 g/mol. The van der Waals surface area contributed by atoms with Gasteiger partial charge in [0.25, 0.3) is 0 Å². The minimum atomic E-state index is -7.21. The Labute approximate surface area is 216 Å². The van der Waals surface area contributed by atoms with Crippen molar-refractivity contribution < 1.29 is 83.6 Å². The third kappa shape index (κ3) is 8.22. The van der Waals surface area contributed by atoms with Crippen LogP contribution < -0.4 is 21.2 Å². The number of carbonyl (C=O) groups is 1. The number of halogens is 9. The van der Waals surface area contributed by atoms with Gasteiger partial charge in [0, 0.05) is 6.42 Å². The number of cyclic esters (lactones) is 1. The monoisotopic (exact) mass is 676 g/mol. The molecule has 1 aliphatic heterocycles. The molecule has 37 heavy (non-hydrogen) atoms. The Kier molecular flexibility index (Phi) is 9.92. The molecule has 0 N–H and O–H groups in total. The minimum absolute atomic E-state index is 0.0287. The fourth-order valence-corrected chi connectivity index (χ4v) is 5.25. The Hall–Kier alpha value is -2.05. The van der Waals surface area contributed by atoms with Crippen LogP contribution >= 0.6 is 0 Å². The summed E-state index contributed by atoms with van der Waals surface area (Å²) in [5.74, 6) is -6.58. The fourth-order valence-electron chi connectivity index (χ4n) is 2.65. The maximum absolute atomic E-state index is 13.3. The van der Waals surface area contributed by atoms with E-state index in [0.29, 0.717) is 0 Å². The highest BCUT2D eigenvalue weighted by Crippen LogP contribution is 2.48. The molecular formula is C21H17F8IO6S. The van der Waals surface area contributed by atoms with Crippen molar-refractivity contribution in [1.82, 2.24) is 0 Å². The summed E-state index contributed by atoms with van der Waals surface area (Å²) in [6, 6.07) is 21.4. The van der Waals surface area contributed by atoms with E-state index in [1.165, 1.54) is 7.14 Å². The zero-order chi connectivity index (χ0) is 28.1. The molecule has 2 aromatic rings. The van der Waals surface area contributed by atoms with Gasteiger partial charge in [-0.25, -0.2) is 13.2 Å². The van der Waals surface area contributed by atoms with Crippen LogP contribution in [0.2, 0.25) is 0 Å². The molecule has 0 aliphatic carbocycles. The van der Waals surface area contributed by atoms with Gasteiger partial charge in [-0.15, -0.1) is 0 Å². The number of esters is 1. The molecule has 3 rings (SSSR count). The number of alkyl halides is 8. The molecule has 1 heterocycles. The highest BCUT2D eigenvalue weighted by atomic mass is 127. The highest BCUT2D eigenvalue weighted by Gasteiger charge is 2.71. The Balaban J connectivity index is 0.000000308. The maximum Gasteiger partial charge on any atom is 0.438 e. The lowest BCUT2D eigenvalue weighted by molar-refractivity contribution is -0.597. The number of carbonyl (C=O) groups excluding carboxylic acids is 1. The number of rotatable bonds is 9. The van der Waals surface area contributed by atoms with Crippen LogP contribution in [0.5, 0.6) is 0 Å². The molecule has 0 amide bonds. The first kappa shape index (κ1) is 31.2. The van der Waals surface area contributed by atoms with E-state index >= 15 is 0 Å². The zero-order valence-corrected chi connectivity index (χ0v) is 21.2. The lowest BCUT2D eigenvalue weighted by Crippen LogP contribution is -3.61. The van der Waals surface area contributed by atoms with Gasteiger partial charge in [-0.2, -0.15) is 35.1 Å². The molecule has 16 heteroatoms. The van der Waals surface area contributed by atoms with E-state index < -0.39 is 64.8 Å². The minimum Gasteiger partial charge on any atom is -0.743 e. The van der Waals surface area contributed by atoms with Crippen LogP contribution in [-0.4, -0.2) is 48.4 Å². The van der Waals surface area contributed by atoms with Crippen molar-refractivity contribution in [2.24, 2.45) is 0 Å². The predicted octanol–water partition coefficient (Wildman–Crippen LogP) is 1.87. The fraction of sp³-hybridized carbons (Fsp3) is 0.381. The normalized spacial score (nSPS) is 17.1. The summed E-state index contributed by atoms with van der Waals surface area (Å²) in [5.41, 5.74) is 0. The van der Waals surface area contributed by atoms with Gasteiger partial charge in [-0.1, -0.05) is 36.4 Å². The van der Waals surface area contributed by atoms with Gasteiger partial charge in [0.2, 0.25) is 0 Å². The lowest BCUT2D eigenvalue weighted by atomic mass is 10.1. The second-order valence-corrected chi connectivity index (χ2v) is 11.8. The molecule has 6 nitrogen and oxygen atoms in total. The lowest BCUT2D eigenvalue weighted by Gasteiger charge is -2.34. The Bertz CT molecular complexity index is 1110. The van der Waals surface area contributed by atoms with Crippen LogP contribution in [0.1, 0.15) is 19.3 Å². The molecule has 0 spiro atoms. The molecule has 0 saturated carbocycles. The number of hydrogen-bond donors (Lipinski definition) is 0. The van der Waals surface area contributed by atoms with E-state index in [-0.39, 0.29) is 21.2 Å². The van der Waals surface area contributed by atoms with E-state index in [1.54, 1.807) is 0 Å². The van der Waals surface area contributed by atoms with E-state index in [1.807, 2.05) is 4.74 Å². The van der Waals surface area contributed by atoms with Crippen molar-refractivity contribution in [3.05, 3.63) is 67.8 Å². The number of ether oxygens (including phenoxy) is 2. The standard InChI is InChI=1S/C12H10I.C9H8F8O6S/c1-3-7-11(8-4-1)13-12-9-5-2-6-10-12;10-6(11,3-4-1-2-5(18)22-4)7(12,13)23-8(14,15)9(16,17)24(19,20)21/h1-10H;4H,1-3H2,(H,19,20,21)/q+1;/p-1. The van der Waals surface area contributed by atoms with Gasteiger partial charge < -0.3 is 9.29 Å². The molecule has 0 aromatic heterocycles. The van der Waals surface area contributed by atoms with Gasteiger partial charge in [0.1, 0.15) is 6.10 Å². The predicted molar refractivity (Wildman–Crippen MR) is 105 cm³/mol. The second kappa shape index (κ2) is 11.8. The summed E-state index contributed by atoms with van der Waals surface area (Å²) in [5, 5.41) is -6.74. The molecule has 1 fully saturated rings. The van der Waals surface area contributed by atoms with E-state index in [9.17, 15) is 52.9 Å². The van der Waals surface area contributed by atoms with E-state index in [4.69, 9.17) is 0 Å². The van der Waals surface area contributed by atoms with Crippen molar-refractivity contribution in [3.8, 4) is 0 Å². The molecule has 0 bridgehead atoms. The third-order valence-electron chi connectivity index (χ3n) is 4.47. The van der Waals surface area contributed by atoms with Crippen molar-refractivity contribution >= 4 is 16.1 Å². The zero-order valence-electron chi connectivity index (χ0n) is 18.2. The summed E-state index contributed by atoms with van der Waals surface area (Å²) < 4.78 is 143. The SMILES string of the molecule is O=C1CCC(CC(F)(F)C(F)(F)OC(F)(F)C(F)(F)S(=O)(=O)[O-])O1.c1ccc([I+]c2ccccc2)cc1. The number of benzene rings is 2. The van der Waals surface area contributed by atoms with Gasteiger partial charge in [-0.05, 0) is 30.7 Å². The molecule has 1 aliphatic rings. The first-order valence-corrected chi connectivity index (χ1v) is 13.6. The second-order valence-electron chi connectivity index (χ2n) is 7.35. The summed E-state index contributed by atoms with van der Waals surface area (Å²) in [7, 11) is -7.21. The van der Waals surface area contributed by atoms with Crippen LogP contribution in [0.15, 0.2) is 60.7 Å². The van der Waals surface area contributed by atoms with Gasteiger partial charge in [-0.3, -0.25) is 4.79 Å². The van der Waals surface area contributed by atoms with E-state index in [0.717, 1.165) is 0 Å². The summed E-state index contributed by atoms with van der Waals surface area (Å²) in [6.07, 6.45) is -17.8. The molecular weight excluding hydrogens is 659 g/mol. The Morgan fingerprint density at radius 1 is 0.865 bits per heavy atom. The first-order chi connectivity index (χ1) is 16.9. The molecule has 1 unspecified atom stereocenters. The largest absolute Gasteiger partial charge is 0.743 e. The maximum atomic E-state index is 13.3. The molecule has 2 aromatic carbocycles. The van der Waals surface area contributed by atoms with Gasteiger partial charge >= 0.3 is 50.6 Å².